The molecule has 0 unspecified atom stereocenters. The molecule has 242 valence electrons. The van der Waals surface area contributed by atoms with Crippen molar-refractivity contribution in [1.29, 1.82) is 0 Å². The van der Waals surface area contributed by atoms with Gasteiger partial charge in [0.05, 0.1) is 30.5 Å². The van der Waals surface area contributed by atoms with Crippen LogP contribution in [0, 0.1) is 25.7 Å². The lowest BCUT2D eigenvalue weighted by molar-refractivity contribution is -0.146. The van der Waals surface area contributed by atoms with E-state index in [1.807, 2.05) is 74.5 Å². The standard InChI is InChI=1S/C35H38BrN3O7/c1-20-11-10-12-21(2)29(20)38-16-9-5-8-15-26(41)45-19-25(23-13-6-4-7-14-23)37-32(42)27-28-33(43)39(22(3)18-40)31(34(38)44)35(28)17-24(36)30(27)46-35/h4-7,9-14,17,22,25,27-28,30-31,40H,8,15-16,18-19H2,1-3H3,(H,37,42)/b9-5-/t22-,25+,27+,28-,30+,31+,35-/m1/s1. The SMILES string of the molecule is Cc1cccc(C)c1N1C/C=C\CCC(=O)OC[C@@H](c2ccccc2)NC(=O)[C@@H]2[C@H]3O[C@@]4(C=C3Br)[C@H](C1=O)N([C@H](C)CO)C(=O)[C@@H]24. The van der Waals surface area contributed by atoms with Crippen LogP contribution >= 0.6 is 15.9 Å². The highest BCUT2D eigenvalue weighted by atomic mass is 79.9. The van der Waals surface area contributed by atoms with Gasteiger partial charge in [0.2, 0.25) is 11.8 Å². The number of hydrogen-bond acceptors (Lipinski definition) is 7. The quantitative estimate of drug-likeness (QED) is 0.371. The third-order valence-electron chi connectivity index (χ3n) is 9.51. The van der Waals surface area contributed by atoms with Crippen molar-refractivity contribution in [3.05, 3.63) is 87.9 Å². The monoisotopic (exact) mass is 691 g/mol. The Bertz CT molecular complexity index is 1590. The van der Waals surface area contributed by atoms with Gasteiger partial charge in [-0.25, -0.2) is 0 Å². The van der Waals surface area contributed by atoms with E-state index in [4.69, 9.17) is 9.47 Å². The fourth-order valence-corrected chi connectivity index (χ4v) is 8.13. The van der Waals surface area contributed by atoms with Gasteiger partial charge in [0.25, 0.3) is 5.91 Å². The number of carbonyl (C=O) groups is 4. The molecule has 2 fully saturated rings. The second-order valence-electron chi connectivity index (χ2n) is 12.5. The maximum atomic E-state index is 15.0. The molecular formula is C35H38BrN3O7. The average molecular weight is 693 g/mol. The highest BCUT2D eigenvalue weighted by Crippen LogP contribution is 2.59. The fraction of sp³-hybridized carbons (Fsp3) is 0.429. The van der Waals surface area contributed by atoms with Crippen LogP contribution in [0.4, 0.5) is 5.69 Å². The van der Waals surface area contributed by atoms with Crippen LogP contribution in [-0.2, 0) is 28.7 Å². The molecule has 7 atom stereocenters. The van der Waals surface area contributed by atoms with Crippen LogP contribution in [0.15, 0.2) is 71.2 Å². The van der Waals surface area contributed by atoms with Crippen molar-refractivity contribution in [2.75, 3.05) is 24.7 Å². The van der Waals surface area contributed by atoms with Gasteiger partial charge in [0, 0.05) is 23.1 Å². The number of fused-ring (bicyclic) bond motifs is 2. The van der Waals surface area contributed by atoms with Crippen LogP contribution in [-0.4, -0.2) is 77.2 Å². The summed E-state index contributed by atoms with van der Waals surface area (Å²) in [4.78, 5) is 59.5. The van der Waals surface area contributed by atoms with Gasteiger partial charge < -0.3 is 29.7 Å². The number of cyclic esters (lactones) is 1. The Kier molecular flexibility index (Phi) is 8.93. The number of benzene rings is 2. The lowest BCUT2D eigenvalue weighted by Gasteiger charge is -2.38. The van der Waals surface area contributed by atoms with Gasteiger partial charge in [-0.05, 0) is 50.0 Å². The molecule has 0 aliphatic carbocycles. The van der Waals surface area contributed by atoms with Crippen LogP contribution in [0.1, 0.15) is 42.5 Å². The Labute approximate surface area is 276 Å². The number of para-hydroxylation sites is 1. The first-order valence-electron chi connectivity index (χ1n) is 15.6. The topological polar surface area (TPSA) is 125 Å². The van der Waals surface area contributed by atoms with E-state index in [-0.39, 0.29) is 32.1 Å². The van der Waals surface area contributed by atoms with Crippen molar-refractivity contribution in [1.82, 2.24) is 10.2 Å². The van der Waals surface area contributed by atoms with Crippen LogP contribution in [0.5, 0.6) is 0 Å². The second-order valence-corrected chi connectivity index (χ2v) is 13.4. The predicted molar refractivity (Wildman–Crippen MR) is 174 cm³/mol. The van der Waals surface area contributed by atoms with E-state index in [2.05, 4.69) is 21.2 Å². The number of allylic oxidation sites excluding steroid dienone is 1. The summed E-state index contributed by atoms with van der Waals surface area (Å²) in [5.41, 5.74) is 1.72. The van der Waals surface area contributed by atoms with Gasteiger partial charge in [-0.15, -0.1) is 0 Å². The number of likely N-dealkylation sites (tertiary alicyclic amines) is 1. The summed E-state index contributed by atoms with van der Waals surface area (Å²) in [7, 11) is 0. The van der Waals surface area contributed by atoms with E-state index in [1.165, 1.54) is 4.90 Å². The minimum Gasteiger partial charge on any atom is -0.463 e. The Hall–Kier alpha value is -3.80. The van der Waals surface area contributed by atoms with E-state index in [0.29, 0.717) is 16.6 Å². The number of aryl methyl sites for hydroxylation is 2. The van der Waals surface area contributed by atoms with Crippen LogP contribution in [0.2, 0.25) is 0 Å². The molecule has 1 spiro atoms. The number of aliphatic hydroxyl groups is 1. The first-order valence-corrected chi connectivity index (χ1v) is 16.4. The number of ether oxygens (including phenoxy) is 2. The first kappa shape index (κ1) is 32.2. The zero-order valence-electron chi connectivity index (χ0n) is 26.0. The third kappa shape index (κ3) is 5.38. The number of rotatable bonds is 4. The molecular weight excluding hydrogens is 654 g/mol. The molecule has 6 rings (SSSR count). The summed E-state index contributed by atoms with van der Waals surface area (Å²) in [5, 5.41) is 13.3. The molecule has 46 heavy (non-hydrogen) atoms. The summed E-state index contributed by atoms with van der Waals surface area (Å²) in [6, 6.07) is 12.4. The molecule has 2 N–H and O–H groups in total. The minimum atomic E-state index is -1.45. The van der Waals surface area contributed by atoms with Crippen LogP contribution in [0.3, 0.4) is 0 Å². The van der Waals surface area contributed by atoms with Gasteiger partial charge in [-0.3, -0.25) is 19.2 Å². The molecule has 4 heterocycles. The summed E-state index contributed by atoms with van der Waals surface area (Å²) in [6.45, 7) is 5.22. The van der Waals surface area contributed by atoms with E-state index in [9.17, 15) is 24.3 Å². The summed E-state index contributed by atoms with van der Waals surface area (Å²) < 4.78 is 12.8. The first-order chi connectivity index (χ1) is 22.1. The van der Waals surface area contributed by atoms with E-state index in [0.717, 1.165) is 16.7 Å². The molecule has 4 aliphatic heterocycles. The zero-order valence-corrected chi connectivity index (χ0v) is 27.6. The van der Waals surface area contributed by atoms with Gasteiger partial charge in [-0.2, -0.15) is 0 Å². The number of carbonyl (C=O) groups excluding carboxylic acids is 4. The average Bonchev–Trinajstić information content (AvgIpc) is 3.64. The van der Waals surface area contributed by atoms with Gasteiger partial charge >= 0.3 is 5.97 Å². The van der Waals surface area contributed by atoms with E-state index >= 15 is 0 Å². The number of nitrogens with one attached hydrogen (secondary N) is 1. The Morgan fingerprint density at radius 1 is 1.02 bits per heavy atom. The minimum absolute atomic E-state index is 0.0908. The second kappa shape index (κ2) is 12.8. The maximum absolute atomic E-state index is 15.0. The van der Waals surface area contributed by atoms with E-state index in [1.54, 1.807) is 17.9 Å². The van der Waals surface area contributed by atoms with Crippen molar-refractivity contribution in [3.8, 4) is 0 Å². The number of hydrogen-bond donors (Lipinski definition) is 2. The third-order valence-corrected chi connectivity index (χ3v) is 10.2. The summed E-state index contributed by atoms with van der Waals surface area (Å²) in [6.07, 6.45) is 5.15. The fourth-order valence-electron chi connectivity index (χ4n) is 7.39. The van der Waals surface area contributed by atoms with Crippen molar-refractivity contribution in [3.63, 3.8) is 0 Å². The summed E-state index contributed by atoms with van der Waals surface area (Å²) >= 11 is 3.59. The Balaban J connectivity index is 1.49. The highest BCUT2D eigenvalue weighted by Gasteiger charge is 2.75. The number of esters is 1. The molecule has 2 saturated heterocycles. The molecule has 3 amide bonds. The molecule has 2 aromatic carbocycles. The molecule has 0 radical (unpaired) electrons. The van der Waals surface area contributed by atoms with Crippen molar-refractivity contribution >= 4 is 45.3 Å². The number of anilines is 1. The zero-order chi connectivity index (χ0) is 32.7. The lowest BCUT2D eigenvalue weighted by atomic mass is 9.74. The Morgan fingerprint density at radius 2 is 1.74 bits per heavy atom. The molecule has 0 aromatic heterocycles. The van der Waals surface area contributed by atoms with Crippen LogP contribution < -0.4 is 10.2 Å². The van der Waals surface area contributed by atoms with E-state index < -0.39 is 59.5 Å². The smallest absolute Gasteiger partial charge is 0.306 e. The maximum Gasteiger partial charge on any atom is 0.306 e. The molecule has 4 aliphatic rings. The predicted octanol–water partition coefficient (Wildman–Crippen LogP) is 3.64. The Morgan fingerprint density at radius 3 is 2.43 bits per heavy atom. The lowest BCUT2D eigenvalue weighted by Crippen LogP contribution is -2.58. The number of halogens is 1. The molecule has 5 bridgehead atoms. The largest absolute Gasteiger partial charge is 0.463 e. The molecule has 11 heteroatoms. The molecule has 2 aromatic rings. The molecule has 0 saturated carbocycles. The van der Waals surface area contributed by atoms with Gasteiger partial charge in [0.15, 0.2) is 0 Å². The number of aliphatic hydroxyl groups excluding tert-OH is 1. The van der Waals surface area contributed by atoms with Crippen molar-refractivity contribution < 1.29 is 33.8 Å². The summed E-state index contributed by atoms with van der Waals surface area (Å²) in [5.74, 6) is -3.69. The van der Waals surface area contributed by atoms with Crippen molar-refractivity contribution in [2.24, 2.45) is 11.8 Å². The van der Waals surface area contributed by atoms with Gasteiger partial charge in [-0.1, -0.05) is 76.6 Å². The highest BCUT2D eigenvalue weighted by molar-refractivity contribution is 9.11. The molecule has 10 nitrogen and oxygen atoms in total. The van der Waals surface area contributed by atoms with Gasteiger partial charge in [0.1, 0.15) is 24.4 Å². The number of amides is 3. The van der Waals surface area contributed by atoms with Crippen molar-refractivity contribution in [2.45, 2.75) is 63.4 Å². The van der Waals surface area contributed by atoms with Crippen LogP contribution in [0.25, 0.3) is 0 Å². The number of nitrogens with zero attached hydrogens (tertiary/aromatic N) is 2. The normalized spacial score (nSPS) is 31.3.